The van der Waals surface area contributed by atoms with Crippen molar-refractivity contribution in [3.05, 3.63) is 48.2 Å². The lowest BCUT2D eigenvalue weighted by Gasteiger charge is -2.05. The number of nitrogens with zero attached hydrogens (tertiary/aromatic N) is 2. The Morgan fingerprint density at radius 1 is 1.56 bits per heavy atom. The zero-order chi connectivity index (χ0) is 13.1. The second-order valence-corrected chi connectivity index (χ2v) is 5.58. The van der Waals surface area contributed by atoms with E-state index < -0.39 is 4.92 Å². The van der Waals surface area contributed by atoms with Gasteiger partial charge in [-0.1, -0.05) is 11.6 Å². The minimum Gasteiger partial charge on any atom is -0.365 e. The van der Waals surface area contributed by atoms with Gasteiger partial charge in [0.1, 0.15) is 11.0 Å². The molecule has 0 aliphatic carbocycles. The summed E-state index contributed by atoms with van der Waals surface area (Å²) < 4.78 is 0.997. The van der Waals surface area contributed by atoms with Gasteiger partial charge in [-0.05, 0) is 27.4 Å². The molecule has 0 spiro atoms. The maximum atomic E-state index is 10.7. The molecule has 2 aromatic heterocycles. The Hall–Kier alpha value is -1.18. The van der Waals surface area contributed by atoms with E-state index in [1.165, 1.54) is 12.1 Å². The summed E-state index contributed by atoms with van der Waals surface area (Å²) in [6, 6.07) is 4.51. The van der Waals surface area contributed by atoms with Crippen LogP contribution in [0.2, 0.25) is 5.15 Å². The molecule has 5 nitrogen and oxygen atoms in total. The topological polar surface area (TPSA) is 68.1 Å². The van der Waals surface area contributed by atoms with E-state index in [1.54, 1.807) is 11.3 Å². The molecule has 0 fully saturated rings. The molecule has 2 heterocycles. The van der Waals surface area contributed by atoms with Crippen LogP contribution in [-0.2, 0) is 6.54 Å². The average Bonchev–Trinajstić information content (AvgIpc) is 2.71. The first-order valence-electron chi connectivity index (χ1n) is 4.84. The molecule has 8 heteroatoms. The predicted octanol–water partition coefficient (Wildman–Crippen LogP) is 4.08. The third-order valence-electron chi connectivity index (χ3n) is 2.11. The van der Waals surface area contributed by atoms with Gasteiger partial charge in [-0.25, -0.2) is 4.98 Å². The number of aromatic nitrogens is 1. The Bertz CT molecular complexity index is 590. The molecule has 0 bridgehead atoms. The molecule has 0 atom stereocenters. The quantitative estimate of drug-likeness (QED) is 0.513. The number of anilines is 1. The van der Waals surface area contributed by atoms with Gasteiger partial charge in [0.25, 0.3) is 5.69 Å². The van der Waals surface area contributed by atoms with E-state index in [0.717, 1.165) is 9.35 Å². The van der Waals surface area contributed by atoms with Crippen molar-refractivity contribution in [3.63, 3.8) is 0 Å². The molecule has 2 rings (SSSR count). The van der Waals surface area contributed by atoms with Crippen LogP contribution in [0.25, 0.3) is 0 Å². The fraction of sp³-hybridized carbons (Fsp3) is 0.100. The number of pyridine rings is 1. The third kappa shape index (κ3) is 3.18. The Morgan fingerprint density at radius 2 is 2.33 bits per heavy atom. The van der Waals surface area contributed by atoms with Crippen molar-refractivity contribution in [2.24, 2.45) is 0 Å². The van der Waals surface area contributed by atoms with Gasteiger partial charge in [0.15, 0.2) is 0 Å². The lowest BCUT2D eigenvalue weighted by molar-refractivity contribution is -0.384. The van der Waals surface area contributed by atoms with E-state index in [0.29, 0.717) is 12.4 Å². The summed E-state index contributed by atoms with van der Waals surface area (Å²) in [6.45, 7) is 0.531. The molecule has 0 aromatic carbocycles. The molecule has 18 heavy (non-hydrogen) atoms. The first-order valence-corrected chi connectivity index (χ1v) is 6.89. The fourth-order valence-corrected chi connectivity index (χ4v) is 2.94. The Morgan fingerprint density at radius 3 is 2.94 bits per heavy atom. The van der Waals surface area contributed by atoms with Crippen LogP contribution in [0.4, 0.5) is 11.5 Å². The van der Waals surface area contributed by atoms with E-state index in [4.69, 9.17) is 11.6 Å². The normalized spacial score (nSPS) is 10.3. The zero-order valence-corrected chi connectivity index (χ0v) is 12.1. The first kappa shape index (κ1) is 13.3. The van der Waals surface area contributed by atoms with E-state index >= 15 is 0 Å². The minimum atomic E-state index is -0.500. The minimum absolute atomic E-state index is 0.0808. The van der Waals surface area contributed by atoms with Gasteiger partial charge >= 0.3 is 0 Å². The molecule has 94 valence electrons. The van der Waals surface area contributed by atoms with Crippen LogP contribution in [0, 0.1) is 10.1 Å². The maximum Gasteiger partial charge on any atom is 0.276 e. The van der Waals surface area contributed by atoms with Crippen LogP contribution < -0.4 is 5.32 Å². The number of rotatable bonds is 4. The highest BCUT2D eigenvalue weighted by molar-refractivity contribution is 9.10. The Labute approximate surface area is 120 Å². The third-order valence-corrected chi connectivity index (χ3v) is 4.23. The summed E-state index contributed by atoms with van der Waals surface area (Å²) in [5, 5.41) is 15.7. The molecule has 0 unspecified atom stereocenters. The van der Waals surface area contributed by atoms with Crippen molar-refractivity contribution in [1.82, 2.24) is 4.98 Å². The van der Waals surface area contributed by atoms with Crippen molar-refractivity contribution in [2.75, 3.05) is 5.32 Å². The van der Waals surface area contributed by atoms with Crippen molar-refractivity contribution < 1.29 is 4.92 Å². The van der Waals surface area contributed by atoms with Crippen molar-refractivity contribution in [3.8, 4) is 0 Å². The maximum absolute atomic E-state index is 10.7. The van der Waals surface area contributed by atoms with Gasteiger partial charge in [-0.3, -0.25) is 10.1 Å². The molecule has 1 N–H and O–H groups in total. The Kier molecular flexibility index (Phi) is 4.15. The van der Waals surface area contributed by atoms with Crippen molar-refractivity contribution in [1.29, 1.82) is 0 Å². The Balaban J connectivity index is 2.14. The molecule has 0 amide bonds. The van der Waals surface area contributed by atoms with Gasteiger partial charge in [0.05, 0.1) is 23.6 Å². The van der Waals surface area contributed by atoms with Crippen LogP contribution >= 0.6 is 38.9 Å². The van der Waals surface area contributed by atoms with E-state index in [1.807, 2.05) is 11.4 Å². The van der Waals surface area contributed by atoms with Crippen molar-refractivity contribution >= 4 is 50.4 Å². The zero-order valence-electron chi connectivity index (χ0n) is 8.89. The molecule has 0 aliphatic heterocycles. The van der Waals surface area contributed by atoms with Crippen LogP contribution in [0.5, 0.6) is 0 Å². The average molecular weight is 349 g/mol. The predicted molar refractivity (Wildman–Crippen MR) is 75.2 cm³/mol. The molecule has 0 aliphatic rings. The molecule has 0 saturated carbocycles. The molecule has 0 radical (unpaired) electrons. The molecular weight excluding hydrogens is 342 g/mol. The van der Waals surface area contributed by atoms with Crippen LogP contribution in [-0.4, -0.2) is 9.91 Å². The lowest BCUT2D eigenvalue weighted by Crippen LogP contribution is -2.01. The van der Waals surface area contributed by atoms with Gasteiger partial charge in [-0.2, -0.15) is 0 Å². The number of nitrogens with one attached hydrogen (secondary N) is 1. The molecule has 2 aromatic rings. The fourth-order valence-electron chi connectivity index (χ4n) is 1.30. The number of nitro groups is 1. The van der Waals surface area contributed by atoms with E-state index in [-0.39, 0.29) is 10.8 Å². The summed E-state index contributed by atoms with van der Waals surface area (Å²) in [4.78, 5) is 15.2. The summed E-state index contributed by atoms with van der Waals surface area (Å²) in [5.74, 6) is 0.384. The number of hydrogen-bond donors (Lipinski definition) is 1. The highest BCUT2D eigenvalue weighted by Gasteiger charge is 2.10. The standard InChI is InChI=1S/C10H7BrClN3O2S/c11-7-1-2-18-8(7)5-13-10-4-6(15(16)17)3-9(12)14-10/h1-4H,5H2,(H,13,14). The number of thiophene rings is 1. The van der Waals surface area contributed by atoms with Crippen LogP contribution in [0.3, 0.4) is 0 Å². The van der Waals surface area contributed by atoms with E-state index in [9.17, 15) is 10.1 Å². The summed E-state index contributed by atoms with van der Waals surface area (Å²) in [7, 11) is 0. The number of hydrogen-bond acceptors (Lipinski definition) is 5. The molecule has 0 saturated heterocycles. The van der Waals surface area contributed by atoms with Crippen molar-refractivity contribution in [2.45, 2.75) is 6.54 Å². The summed E-state index contributed by atoms with van der Waals surface area (Å²) >= 11 is 10.7. The van der Waals surface area contributed by atoms with Gasteiger partial charge in [0, 0.05) is 9.35 Å². The van der Waals surface area contributed by atoms with Gasteiger partial charge in [-0.15, -0.1) is 11.3 Å². The highest BCUT2D eigenvalue weighted by Crippen LogP contribution is 2.25. The smallest absolute Gasteiger partial charge is 0.276 e. The second kappa shape index (κ2) is 5.64. The lowest BCUT2D eigenvalue weighted by atomic mass is 10.4. The summed E-state index contributed by atoms with van der Waals surface area (Å²) in [5.41, 5.74) is -0.0808. The first-order chi connectivity index (χ1) is 8.56. The SMILES string of the molecule is O=[N+]([O-])c1cc(Cl)nc(NCc2sccc2Br)c1. The monoisotopic (exact) mass is 347 g/mol. The van der Waals surface area contributed by atoms with Gasteiger partial charge < -0.3 is 5.32 Å². The second-order valence-electron chi connectivity index (χ2n) is 3.34. The van der Waals surface area contributed by atoms with E-state index in [2.05, 4.69) is 26.2 Å². The van der Waals surface area contributed by atoms with Gasteiger partial charge in [0.2, 0.25) is 0 Å². The van der Waals surface area contributed by atoms with Crippen LogP contribution in [0.1, 0.15) is 4.88 Å². The number of halogens is 2. The molecular formula is C10H7BrClN3O2S. The largest absolute Gasteiger partial charge is 0.365 e. The summed E-state index contributed by atoms with van der Waals surface area (Å²) in [6.07, 6.45) is 0. The van der Waals surface area contributed by atoms with Crippen LogP contribution in [0.15, 0.2) is 28.1 Å². The highest BCUT2D eigenvalue weighted by atomic mass is 79.9.